The van der Waals surface area contributed by atoms with E-state index in [-0.39, 0.29) is 22.3 Å². The number of hydrogen-bond acceptors (Lipinski definition) is 7. The Morgan fingerprint density at radius 2 is 1.78 bits per heavy atom. The van der Waals surface area contributed by atoms with Gasteiger partial charge in [-0.15, -0.1) is 0 Å². The largest absolute Gasteiger partial charge is 0.490 e. The molecule has 10 nitrogen and oxygen atoms in total. The SMILES string of the molecule is COc1ccc(/C=N\NC(=O)CN(c2ccc(C(C)C)cc2)S(=O)(=O)c2ccccc2)cc1[N+](=O)[O-]. The van der Waals surface area contributed by atoms with Crippen LogP contribution >= 0.6 is 0 Å². The lowest BCUT2D eigenvalue weighted by Crippen LogP contribution is -2.39. The van der Waals surface area contributed by atoms with Gasteiger partial charge in [-0.05, 0) is 47.9 Å². The van der Waals surface area contributed by atoms with Gasteiger partial charge in [0.05, 0.1) is 28.8 Å². The molecule has 36 heavy (non-hydrogen) atoms. The van der Waals surface area contributed by atoms with Crippen molar-refractivity contribution in [2.45, 2.75) is 24.7 Å². The molecular formula is C25H26N4O6S. The molecule has 1 amide bonds. The third-order valence-corrected chi connectivity index (χ3v) is 7.06. The number of hydrazone groups is 1. The number of anilines is 1. The minimum Gasteiger partial charge on any atom is -0.490 e. The zero-order valence-corrected chi connectivity index (χ0v) is 20.8. The molecule has 188 valence electrons. The second-order valence-electron chi connectivity index (χ2n) is 8.05. The number of rotatable bonds is 10. The molecule has 3 aromatic rings. The number of carbonyl (C=O) groups is 1. The van der Waals surface area contributed by atoms with E-state index in [1.807, 2.05) is 26.0 Å². The molecule has 0 heterocycles. The van der Waals surface area contributed by atoms with E-state index in [4.69, 9.17) is 4.74 Å². The average Bonchev–Trinajstić information content (AvgIpc) is 2.87. The molecule has 0 aliphatic rings. The Hall–Kier alpha value is -4.25. The molecule has 1 N–H and O–H groups in total. The zero-order chi connectivity index (χ0) is 26.3. The molecule has 0 fully saturated rings. The number of nitrogens with zero attached hydrogens (tertiary/aromatic N) is 3. The molecule has 0 aliphatic carbocycles. The van der Waals surface area contributed by atoms with Gasteiger partial charge in [-0.25, -0.2) is 13.8 Å². The molecule has 0 saturated carbocycles. The van der Waals surface area contributed by atoms with Crippen LogP contribution in [0.1, 0.15) is 30.9 Å². The van der Waals surface area contributed by atoms with E-state index in [0.29, 0.717) is 11.3 Å². The van der Waals surface area contributed by atoms with E-state index < -0.39 is 27.4 Å². The molecule has 0 radical (unpaired) electrons. The predicted octanol–water partition coefficient (Wildman–Crippen LogP) is 4.07. The number of nitrogens with one attached hydrogen (secondary N) is 1. The van der Waals surface area contributed by atoms with Crippen LogP contribution in [0.2, 0.25) is 0 Å². The number of nitro benzene ring substituents is 1. The summed E-state index contributed by atoms with van der Waals surface area (Å²) in [5.41, 5.74) is 3.73. The number of carbonyl (C=O) groups excluding carboxylic acids is 1. The summed E-state index contributed by atoms with van der Waals surface area (Å²) >= 11 is 0. The Labute approximate surface area is 209 Å². The first-order valence-corrected chi connectivity index (χ1v) is 12.4. The highest BCUT2D eigenvalue weighted by molar-refractivity contribution is 7.92. The quantitative estimate of drug-likeness (QED) is 0.248. The van der Waals surface area contributed by atoms with Crippen molar-refractivity contribution in [2.24, 2.45) is 5.10 Å². The van der Waals surface area contributed by atoms with Gasteiger partial charge in [-0.3, -0.25) is 19.2 Å². The average molecular weight is 511 g/mol. The molecular weight excluding hydrogens is 484 g/mol. The summed E-state index contributed by atoms with van der Waals surface area (Å²) in [6, 6.07) is 19.0. The Morgan fingerprint density at radius 1 is 1.11 bits per heavy atom. The highest BCUT2D eigenvalue weighted by Gasteiger charge is 2.27. The van der Waals surface area contributed by atoms with Gasteiger partial charge in [0.1, 0.15) is 6.54 Å². The lowest BCUT2D eigenvalue weighted by Gasteiger charge is -2.24. The Balaban J connectivity index is 1.83. The molecule has 0 unspecified atom stereocenters. The van der Waals surface area contributed by atoms with Gasteiger partial charge in [0.2, 0.25) is 0 Å². The van der Waals surface area contributed by atoms with Crippen molar-refractivity contribution in [3.63, 3.8) is 0 Å². The van der Waals surface area contributed by atoms with Crippen LogP contribution in [0, 0.1) is 10.1 Å². The molecule has 3 rings (SSSR count). The standard InChI is InChI=1S/C25H26N4O6S/c1-18(2)20-10-12-21(13-11-20)28(36(33,34)22-7-5-4-6-8-22)17-25(30)27-26-16-19-9-14-24(35-3)23(15-19)29(31)32/h4-16,18H,17H2,1-3H3,(H,27,30)/b26-16-. The van der Waals surface area contributed by atoms with E-state index in [2.05, 4.69) is 10.5 Å². The predicted molar refractivity (Wildman–Crippen MR) is 137 cm³/mol. The van der Waals surface area contributed by atoms with Crippen molar-refractivity contribution >= 4 is 33.5 Å². The van der Waals surface area contributed by atoms with Crippen molar-refractivity contribution in [3.8, 4) is 5.75 Å². The van der Waals surface area contributed by atoms with Gasteiger partial charge in [0.25, 0.3) is 15.9 Å². The Kier molecular flexibility index (Phi) is 8.38. The second kappa shape index (κ2) is 11.5. The third-order valence-electron chi connectivity index (χ3n) is 5.27. The van der Waals surface area contributed by atoms with Gasteiger partial charge in [0.15, 0.2) is 5.75 Å². The number of benzene rings is 3. The molecule has 0 aliphatic heterocycles. The van der Waals surface area contributed by atoms with Gasteiger partial charge in [0, 0.05) is 11.6 Å². The fraction of sp³-hybridized carbons (Fsp3) is 0.200. The highest BCUT2D eigenvalue weighted by Crippen LogP contribution is 2.27. The third kappa shape index (κ3) is 6.25. The van der Waals surface area contributed by atoms with Gasteiger partial charge in [-0.1, -0.05) is 44.2 Å². The molecule has 0 aromatic heterocycles. The normalized spacial score (nSPS) is 11.4. The maximum Gasteiger partial charge on any atom is 0.311 e. The summed E-state index contributed by atoms with van der Waals surface area (Å²) in [6.45, 7) is 3.52. The summed E-state index contributed by atoms with van der Waals surface area (Å²) in [5.74, 6) is -0.349. The summed E-state index contributed by atoms with van der Waals surface area (Å²) in [5, 5.41) is 15.0. The Morgan fingerprint density at radius 3 is 2.36 bits per heavy atom. The van der Waals surface area contributed by atoms with E-state index in [1.165, 1.54) is 43.7 Å². The lowest BCUT2D eigenvalue weighted by atomic mass is 10.0. The number of amides is 1. The number of nitro groups is 1. The van der Waals surface area contributed by atoms with Crippen molar-refractivity contribution in [3.05, 3.63) is 94.0 Å². The zero-order valence-electron chi connectivity index (χ0n) is 20.0. The summed E-state index contributed by atoms with van der Waals surface area (Å²) in [7, 11) is -2.73. The van der Waals surface area contributed by atoms with Crippen LogP contribution in [-0.4, -0.2) is 39.1 Å². The number of sulfonamides is 1. The minimum absolute atomic E-state index is 0.0415. The fourth-order valence-corrected chi connectivity index (χ4v) is 4.78. The van der Waals surface area contributed by atoms with Gasteiger partial charge in [-0.2, -0.15) is 5.10 Å². The van der Waals surface area contributed by atoms with Crippen molar-refractivity contribution < 1.29 is 22.9 Å². The number of ether oxygens (including phenoxy) is 1. The monoisotopic (exact) mass is 510 g/mol. The molecule has 11 heteroatoms. The van der Waals surface area contributed by atoms with Crippen LogP contribution in [0.4, 0.5) is 11.4 Å². The van der Waals surface area contributed by atoms with E-state index in [9.17, 15) is 23.3 Å². The fourth-order valence-electron chi connectivity index (χ4n) is 3.33. The molecule has 0 spiro atoms. The molecule has 3 aromatic carbocycles. The first kappa shape index (κ1) is 26.4. The second-order valence-corrected chi connectivity index (χ2v) is 9.91. The molecule has 0 saturated heterocycles. The van der Waals surface area contributed by atoms with Gasteiger partial charge < -0.3 is 4.74 Å². The molecule has 0 bridgehead atoms. The summed E-state index contributed by atoms with van der Waals surface area (Å²) in [4.78, 5) is 23.3. The number of hydrogen-bond donors (Lipinski definition) is 1. The lowest BCUT2D eigenvalue weighted by molar-refractivity contribution is -0.385. The maximum absolute atomic E-state index is 13.4. The van der Waals surface area contributed by atoms with Crippen LogP contribution in [0.5, 0.6) is 5.75 Å². The summed E-state index contributed by atoms with van der Waals surface area (Å²) < 4.78 is 32.7. The van der Waals surface area contributed by atoms with Crippen LogP contribution in [0.3, 0.4) is 0 Å². The maximum atomic E-state index is 13.4. The van der Waals surface area contributed by atoms with Crippen LogP contribution in [0.15, 0.2) is 82.8 Å². The van der Waals surface area contributed by atoms with Crippen molar-refractivity contribution in [1.29, 1.82) is 0 Å². The first-order chi connectivity index (χ1) is 17.1. The van der Waals surface area contributed by atoms with Crippen LogP contribution < -0.4 is 14.5 Å². The summed E-state index contributed by atoms with van der Waals surface area (Å²) in [6.07, 6.45) is 1.22. The van der Waals surface area contributed by atoms with Crippen molar-refractivity contribution in [1.82, 2.24) is 5.43 Å². The highest BCUT2D eigenvalue weighted by atomic mass is 32.2. The Bertz CT molecular complexity index is 1360. The molecule has 0 atom stereocenters. The topological polar surface area (TPSA) is 131 Å². The smallest absolute Gasteiger partial charge is 0.311 e. The first-order valence-electron chi connectivity index (χ1n) is 11.0. The van der Waals surface area contributed by atoms with Crippen molar-refractivity contribution in [2.75, 3.05) is 18.0 Å². The minimum atomic E-state index is -4.05. The van der Waals surface area contributed by atoms with E-state index >= 15 is 0 Å². The van der Waals surface area contributed by atoms with Crippen LogP contribution in [-0.2, 0) is 14.8 Å². The number of methoxy groups -OCH3 is 1. The van der Waals surface area contributed by atoms with Gasteiger partial charge >= 0.3 is 5.69 Å². The van der Waals surface area contributed by atoms with Crippen LogP contribution in [0.25, 0.3) is 0 Å². The van der Waals surface area contributed by atoms with E-state index in [1.54, 1.807) is 30.3 Å². The van der Waals surface area contributed by atoms with E-state index in [0.717, 1.165) is 9.87 Å².